The van der Waals surface area contributed by atoms with Crippen molar-refractivity contribution in [2.75, 3.05) is 5.32 Å². The summed E-state index contributed by atoms with van der Waals surface area (Å²) in [6.45, 7) is 1.42. The molecule has 0 aromatic heterocycles. The third kappa shape index (κ3) is 2.95. The number of hydrogen-bond acceptors (Lipinski definition) is 3. The van der Waals surface area contributed by atoms with Gasteiger partial charge in [-0.3, -0.25) is 14.9 Å². The van der Waals surface area contributed by atoms with Crippen molar-refractivity contribution in [2.24, 2.45) is 0 Å². The Labute approximate surface area is 110 Å². The molecule has 19 heavy (non-hydrogen) atoms. The van der Waals surface area contributed by atoms with Gasteiger partial charge < -0.3 is 5.32 Å². The number of rotatable bonds is 3. The van der Waals surface area contributed by atoms with Gasteiger partial charge in [0.15, 0.2) is 0 Å². The average Bonchev–Trinajstić information content (AvgIpc) is 2.39. The fourth-order valence-corrected chi connectivity index (χ4v) is 1.82. The molecule has 0 saturated carbocycles. The van der Waals surface area contributed by atoms with E-state index >= 15 is 0 Å². The number of carbonyl (C=O) groups excluding carboxylic acids is 1. The van der Waals surface area contributed by atoms with Crippen LogP contribution in [-0.4, -0.2) is 10.8 Å². The first-order valence-electron chi connectivity index (χ1n) is 5.69. The predicted molar refractivity (Wildman–Crippen MR) is 72.8 cm³/mol. The summed E-state index contributed by atoms with van der Waals surface area (Å²) < 4.78 is 0. The van der Waals surface area contributed by atoms with Gasteiger partial charge in [-0.15, -0.1) is 0 Å². The van der Waals surface area contributed by atoms with Gasteiger partial charge in [0, 0.05) is 30.3 Å². The van der Waals surface area contributed by atoms with Gasteiger partial charge in [0.1, 0.15) is 0 Å². The van der Waals surface area contributed by atoms with Gasteiger partial charge in [-0.2, -0.15) is 0 Å². The summed E-state index contributed by atoms with van der Waals surface area (Å²) in [7, 11) is 0. The van der Waals surface area contributed by atoms with Crippen LogP contribution in [0.25, 0.3) is 11.1 Å². The second-order valence-corrected chi connectivity index (χ2v) is 4.03. The van der Waals surface area contributed by atoms with Crippen molar-refractivity contribution in [2.45, 2.75) is 6.92 Å². The van der Waals surface area contributed by atoms with Gasteiger partial charge >= 0.3 is 0 Å². The van der Waals surface area contributed by atoms with Crippen LogP contribution in [0, 0.1) is 10.1 Å². The number of anilines is 1. The predicted octanol–water partition coefficient (Wildman–Crippen LogP) is 3.22. The van der Waals surface area contributed by atoms with Crippen molar-refractivity contribution in [1.82, 2.24) is 0 Å². The highest BCUT2D eigenvalue weighted by Gasteiger charge is 2.10. The number of carbonyl (C=O) groups is 1. The topological polar surface area (TPSA) is 72.2 Å². The highest BCUT2D eigenvalue weighted by molar-refractivity contribution is 5.94. The Morgan fingerprint density at radius 2 is 1.89 bits per heavy atom. The Morgan fingerprint density at radius 1 is 1.16 bits per heavy atom. The summed E-state index contributed by atoms with van der Waals surface area (Å²) in [5.41, 5.74) is 2.10. The van der Waals surface area contributed by atoms with Crippen molar-refractivity contribution >= 4 is 17.3 Å². The maximum atomic E-state index is 11.2. The van der Waals surface area contributed by atoms with Gasteiger partial charge in [0.2, 0.25) is 5.91 Å². The van der Waals surface area contributed by atoms with Crippen LogP contribution in [0.1, 0.15) is 6.92 Å². The van der Waals surface area contributed by atoms with Gasteiger partial charge in [0.25, 0.3) is 5.69 Å². The molecular weight excluding hydrogens is 244 g/mol. The Kier molecular flexibility index (Phi) is 3.56. The molecule has 1 amide bonds. The van der Waals surface area contributed by atoms with E-state index in [-0.39, 0.29) is 11.6 Å². The lowest BCUT2D eigenvalue weighted by Crippen LogP contribution is -2.06. The molecule has 5 heteroatoms. The number of nitrogens with one attached hydrogen (secondary N) is 1. The Morgan fingerprint density at radius 3 is 2.58 bits per heavy atom. The molecule has 2 rings (SSSR count). The van der Waals surface area contributed by atoms with E-state index < -0.39 is 4.92 Å². The maximum Gasteiger partial charge on any atom is 0.270 e. The number of nitro benzene ring substituents is 1. The van der Waals surface area contributed by atoms with Crippen LogP contribution in [0.15, 0.2) is 48.5 Å². The molecule has 2 aromatic rings. The largest absolute Gasteiger partial charge is 0.326 e. The van der Waals surface area contributed by atoms with Crippen molar-refractivity contribution in [3.05, 3.63) is 58.6 Å². The smallest absolute Gasteiger partial charge is 0.270 e. The molecule has 2 aromatic carbocycles. The van der Waals surface area contributed by atoms with E-state index in [0.29, 0.717) is 11.3 Å². The first-order valence-corrected chi connectivity index (χ1v) is 5.69. The minimum absolute atomic E-state index is 0.0233. The summed E-state index contributed by atoms with van der Waals surface area (Å²) >= 11 is 0. The Hall–Kier alpha value is -2.69. The molecule has 96 valence electrons. The van der Waals surface area contributed by atoms with Crippen LogP contribution in [0.5, 0.6) is 0 Å². The summed E-state index contributed by atoms with van der Waals surface area (Å²) in [5.74, 6) is -0.183. The second-order valence-electron chi connectivity index (χ2n) is 4.03. The third-order valence-electron chi connectivity index (χ3n) is 2.61. The number of benzene rings is 2. The number of para-hydroxylation sites is 1. The van der Waals surface area contributed by atoms with Gasteiger partial charge in [0.05, 0.1) is 4.92 Å². The zero-order valence-corrected chi connectivity index (χ0v) is 10.3. The highest BCUT2D eigenvalue weighted by atomic mass is 16.6. The normalized spacial score (nSPS) is 9.95. The number of nitro groups is 1. The molecule has 0 saturated heterocycles. The average molecular weight is 256 g/mol. The Bertz CT molecular complexity index is 638. The molecule has 0 heterocycles. The number of nitrogens with zero attached hydrogens (tertiary/aromatic N) is 1. The molecule has 0 fully saturated rings. The molecule has 0 bridgehead atoms. The van der Waals surface area contributed by atoms with E-state index in [2.05, 4.69) is 5.32 Å². The van der Waals surface area contributed by atoms with Crippen LogP contribution in [0.3, 0.4) is 0 Å². The van der Waals surface area contributed by atoms with Crippen LogP contribution in [-0.2, 0) is 4.79 Å². The lowest BCUT2D eigenvalue weighted by Gasteiger charge is -2.09. The minimum atomic E-state index is -0.440. The molecule has 1 N–H and O–H groups in total. The lowest BCUT2D eigenvalue weighted by atomic mass is 10.0. The standard InChI is InChI=1S/C14H12N2O3/c1-10(17)15-14-8-3-2-7-13(14)11-5-4-6-12(9-11)16(18)19/h2-9H,1H3,(H,15,17). The second kappa shape index (κ2) is 5.30. The SMILES string of the molecule is CC(=O)Nc1ccccc1-c1cccc([N+](=O)[O-])c1. The molecule has 0 unspecified atom stereocenters. The molecular formula is C14H12N2O3. The van der Waals surface area contributed by atoms with Crippen LogP contribution >= 0.6 is 0 Å². The van der Waals surface area contributed by atoms with Gasteiger partial charge in [-0.1, -0.05) is 30.3 Å². The summed E-state index contributed by atoms with van der Waals surface area (Å²) in [4.78, 5) is 21.5. The van der Waals surface area contributed by atoms with Crippen LogP contribution < -0.4 is 5.32 Å². The van der Waals surface area contributed by atoms with Gasteiger partial charge in [-0.25, -0.2) is 0 Å². The van der Waals surface area contributed by atoms with Crippen LogP contribution in [0.4, 0.5) is 11.4 Å². The van der Waals surface area contributed by atoms with Crippen molar-refractivity contribution < 1.29 is 9.72 Å². The zero-order valence-electron chi connectivity index (χ0n) is 10.3. The van der Waals surface area contributed by atoms with Crippen LogP contribution in [0.2, 0.25) is 0 Å². The van der Waals surface area contributed by atoms with E-state index in [1.54, 1.807) is 24.3 Å². The first-order chi connectivity index (χ1) is 9.08. The highest BCUT2D eigenvalue weighted by Crippen LogP contribution is 2.30. The minimum Gasteiger partial charge on any atom is -0.326 e. The number of amides is 1. The molecule has 0 spiro atoms. The molecule has 0 atom stereocenters. The Balaban J connectivity index is 2.49. The van der Waals surface area contributed by atoms with E-state index in [1.165, 1.54) is 19.1 Å². The van der Waals surface area contributed by atoms with E-state index in [4.69, 9.17) is 0 Å². The molecule has 5 nitrogen and oxygen atoms in total. The van der Waals surface area contributed by atoms with E-state index in [1.807, 2.05) is 12.1 Å². The van der Waals surface area contributed by atoms with Crippen molar-refractivity contribution in [1.29, 1.82) is 0 Å². The first kappa shape index (κ1) is 12.8. The monoisotopic (exact) mass is 256 g/mol. The summed E-state index contributed by atoms with van der Waals surface area (Å²) in [5, 5.41) is 13.5. The van der Waals surface area contributed by atoms with Crippen molar-refractivity contribution in [3.8, 4) is 11.1 Å². The van der Waals surface area contributed by atoms with Crippen molar-refractivity contribution in [3.63, 3.8) is 0 Å². The molecule has 0 aliphatic heterocycles. The number of hydrogen-bond donors (Lipinski definition) is 1. The molecule has 0 radical (unpaired) electrons. The van der Waals surface area contributed by atoms with E-state index in [9.17, 15) is 14.9 Å². The fraction of sp³-hybridized carbons (Fsp3) is 0.0714. The zero-order chi connectivity index (χ0) is 13.8. The summed E-state index contributed by atoms with van der Waals surface area (Å²) in [6, 6.07) is 13.5. The van der Waals surface area contributed by atoms with E-state index in [0.717, 1.165) is 5.56 Å². The lowest BCUT2D eigenvalue weighted by molar-refractivity contribution is -0.384. The quantitative estimate of drug-likeness (QED) is 0.677. The third-order valence-corrected chi connectivity index (χ3v) is 2.61. The molecule has 0 aliphatic carbocycles. The maximum absolute atomic E-state index is 11.2. The molecule has 0 aliphatic rings. The number of non-ortho nitro benzene ring substituents is 1. The van der Waals surface area contributed by atoms with Gasteiger partial charge in [-0.05, 0) is 11.6 Å². The summed E-state index contributed by atoms with van der Waals surface area (Å²) in [6.07, 6.45) is 0. The fourth-order valence-electron chi connectivity index (χ4n) is 1.82.